The fourth-order valence-corrected chi connectivity index (χ4v) is 4.08. The van der Waals surface area contributed by atoms with Gasteiger partial charge in [0.1, 0.15) is 28.5 Å². The Morgan fingerprint density at radius 3 is 2.96 bits per heavy atom. The second-order valence-electron chi connectivity index (χ2n) is 6.10. The van der Waals surface area contributed by atoms with Crippen LogP contribution in [0.2, 0.25) is 0 Å². The van der Waals surface area contributed by atoms with Crippen molar-refractivity contribution in [2.45, 2.75) is 25.8 Å². The van der Waals surface area contributed by atoms with Crippen molar-refractivity contribution in [1.82, 2.24) is 15.3 Å². The number of carbonyl (C=O) groups is 1. The minimum Gasteiger partial charge on any atom is -0.466 e. The molecule has 2 atom stereocenters. The first-order valence-electron chi connectivity index (χ1n) is 7.88. The Labute approximate surface area is 143 Å². The highest BCUT2D eigenvalue weighted by atomic mass is 32.1. The van der Waals surface area contributed by atoms with Gasteiger partial charge in [-0.05, 0) is 30.5 Å². The van der Waals surface area contributed by atoms with Gasteiger partial charge in [-0.3, -0.25) is 4.79 Å². The lowest BCUT2D eigenvalue weighted by Crippen LogP contribution is -2.38. The van der Waals surface area contributed by atoms with Crippen LogP contribution in [0, 0.1) is 6.92 Å². The number of thiophene rings is 1. The van der Waals surface area contributed by atoms with Crippen molar-refractivity contribution in [3.63, 3.8) is 0 Å². The molecular weight excluding hydrogens is 324 g/mol. The number of anilines is 1. The fraction of sp³-hybridized carbons (Fsp3) is 0.353. The number of furan rings is 1. The standard InChI is InChI=1S/C17H18N4O2S/c1-10-3-4-15(23-10)13-7-21(8-14(13)20-11(2)22)16-12-5-6-24-17(12)19-9-18-16/h3-6,9,13-14H,7-8H2,1-2H3,(H,20,22)/t13-,14-/m1/s1. The molecule has 1 fully saturated rings. The van der Waals surface area contributed by atoms with Crippen LogP contribution >= 0.6 is 11.3 Å². The number of carbonyl (C=O) groups excluding carboxylic acids is 1. The molecule has 4 rings (SSSR count). The summed E-state index contributed by atoms with van der Waals surface area (Å²) < 4.78 is 5.83. The normalized spacial score (nSPS) is 20.7. The molecule has 0 spiro atoms. The largest absolute Gasteiger partial charge is 0.466 e. The molecule has 3 aromatic rings. The van der Waals surface area contributed by atoms with E-state index in [9.17, 15) is 4.79 Å². The zero-order chi connectivity index (χ0) is 16.7. The number of nitrogens with zero attached hydrogens (tertiary/aromatic N) is 3. The fourth-order valence-electron chi connectivity index (χ4n) is 3.35. The van der Waals surface area contributed by atoms with Crippen LogP contribution in [0.3, 0.4) is 0 Å². The van der Waals surface area contributed by atoms with Gasteiger partial charge in [0.2, 0.25) is 5.91 Å². The highest BCUT2D eigenvalue weighted by Crippen LogP contribution is 2.35. The highest BCUT2D eigenvalue weighted by molar-refractivity contribution is 7.16. The summed E-state index contributed by atoms with van der Waals surface area (Å²) >= 11 is 1.61. The average Bonchev–Trinajstić information content (AvgIpc) is 3.25. The summed E-state index contributed by atoms with van der Waals surface area (Å²) in [5, 5.41) is 6.14. The second kappa shape index (κ2) is 5.90. The van der Waals surface area contributed by atoms with Gasteiger partial charge in [0.15, 0.2) is 0 Å². The van der Waals surface area contributed by atoms with Crippen LogP contribution < -0.4 is 10.2 Å². The number of fused-ring (bicyclic) bond motifs is 1. The van der Waals surface area contributed by atoms with Crippen molar-refractivity contribution in [2.75, 3.05) is 18.0 Å². The molecule has 0 radical (unpaired) electrons. The maximum atomic E-state index is 11.6. The van der Waals surface area contributed by atoms with Crippen LogP contribution in [-0.2, 0) is 4.79 Å². The lowest BCUT2D eigenvalue weighted by molar-refractivity contribution is -0.119. The predicted molar refractivity (Wildman–Crippen MR) is 93.4 cm³/mol. The Bertz CT molecular complexity index is 887. The molecule has 1 aliphatic rings. The molecule has 1 saturated heterocycles. The number of nitrogens with one attached hydrogen (secondary N) is 1. The van der Waals surface area contributed by atoms with Crippen molar-refractivity contribution in [1.29, 1.82) is 0 Å². The van der Waals surface area contributed by atoms with E-state index in [1.54, 1.807) is 24.6 Å². The van der Waals surface area contributed by atoms with E-state index in [4.69, 9.17) is 4.42 Å². The van der Waals surface area contributed by atoms with E-state index in [1.807, 2.05) is 30.5 Å². The molecule has 0 aliphatic carbocycles. The molecule has 4 heterocycles. The molecule has 6 nitrogen and oxygen atoms in total. The van der Waals surface area contributed by atoms with E-state index in [0.717, 1.165) is 34.1 Å². The summed E-state index contributed by atoms with van der Waals surface area (Å²) in [5.74, 6) is 2.78. The third kappa shape index (κ3) is 2.65. The SMILES string of the molecule is CC(=O)N[C@@H]1CN(c2ncnc3sccc23)C[C@H]1c1ccc(C)o1. The Balaban J connectivity index is 1.68. The van der Waals surface area contributed by atoms with Crippen LogP contribution in [-0.4, -0.2) is 35.0 Å². The summed E-state index contributed by atoms with van der Waals surface area (Å²) in [5.41, 5.74) is 0. The van der Waals surface area contributed by atoms with Crippen LogP contribution in [0.25, 0.3) is 10.2 Å². The smallest absolute Gasteiger partial charge is 0.217 e. The van der Waals surface area contributed by atoms with Gasteiger partial charge in [-0.15, -0.1) is 11.3 Å². The van der Waals surface area contributed by atoms with Gasteiger partial charge in [0, 0.05) is 20.0 Å². The van der Waals surface area contributed by atoms with Crippen LogP contribution in [0.1, 0.15) is 24.4 Å². The van der Waals surface area contributed by atoms with Gasteiger partial charge in [0.05, 0.1) is 17.3 Å². The van der Waals surface area contributed by atoms with Gasteiger partial charge in [-0.2, -0.15) is 0 Å². The molecule has 7 heteroatoms. The highest BCUT2D eigenvalue weighted by Gasteiger charge is 2.37. The quantitative estimate of drug-likeness (QED) is 0.792. The number of hydrogen-bond acceptors (Lipinski definition) is 6. The number of hydrogen-bond donors (Lipinski definition) is 1. The van der Waals surface area contributed by atoms with Gasteiger partial charge in [-0.1, -0.05) is 0 Å². The maximum Gasteiger partial charge on any atom is 0.217 e. The molecule has 1 amide bonds. The molecule has 0 aromatic carbocycles. The Kier molecular flexibility index (Phi) is 3.72. The third-order valence-corrected chi connectivity index (χ3v) is 5.20. The average molecular weight is 342 g/mol. The zero-order valence-corrected chi connectivity index (χ0v) is 14.3. The zero-order valence-electron chi connectivity index (χ0n) is 13.5. The monoisotopic (exact) mass is 342 g/mol. The summed E-state index contributed by atoms with van der Waals surface area (Å²) in [6.45, 7) is 4.93. The predicted octanol–water partition coefficient (Wildman–Crippen LogP) is 2.70. The van der Waals surface area contributed by atoms with Crippen LogP contribution in [0.5, 0.6) is 0 Å². The molecule has 0 unspecified atom stereocenters. The molecule has 0 bridgehead atoms. The molecule has 24 heavy (non-hydrogen) atoms. The van der Waals surface area contributed by atoms with Crippen molar-refractivity contribution in [3.8, 4) is 0 Å². The number of amides is 1. The maximum absolute atomic E-state index is 11.6. The molecule has 1 N–H and O–H groups in total. The first kappa shape index (κ1) is 15.1. The third-order valence-electron chi connectivity index (χ3n) is 4.38. The van der Waals surface area contributed by atoms with Gasteiger partial charge in [-0.25, -0.2) is 9.97 Å². The van der Waals surface area contributed by atoms with Gasteiger partial charge >= 0.3 is 0 Å². The van der Waals surface area contributed by atoms with Crippen molar-refractivity contribution in [2.24, 2.45) is 0 Å². The van der Waals surface area contributed by atoms with Crippen LogP contribution in [0.4, 0.5) is 5.82 Å². The minimum atomic E-state index is -0.0292. The van der Waals surface area contributed by atoms with E-state index < -0.39 is 0 Å². The summed E-state index contributed by atoms with van der Waals surface area (Å²) in [4.78, 5) is 23.6. The molecule has 0 saturated carbocycles. The van der Waals surface area contributed by atoms with Gasteiger partial charge in [0.25, 0.3) is 0 Å². The minimum absolute atomic E-state index is 0.00305. The Hall–Kier alpha value is -2.41. The topological polar surface area (TPSA) is 71.3 Å². The summed E-state index contributed by atoms with van der Waals surface area (Å²) in [6.07, 6.45) is 1.60. The Morgan fingerprint density at radius 1 is 1.33 bits per heavy atom. The van der Waals surface area contributed by atoms with E-state index in [0.29, 0.717) is 6.54 Å². The van der Waals surface area contributed by atoms with Crippen molar-refractivity contribution < 1.29 is 9.21 Å². The van der Waals surface area contributed by atoms with E-state index in [1.165, 1.54) is 0 Å². The van der Waals surface area contributed by atoms with Crippen molar-refractivity contribution >= 4 is 33.3 Å². The number of aromatic nitrogens is 2. The van der Waals surface area contributed by atoms with Crippen molar-refractivity contribution in [3.05, 3.63) is 41.4 Å². The first-order valence-corrected chi connectivity index (χ1v) is 8.76. The first-order chi connectivity index (χ1) is 11.6. The number of rotatable bonds is 3. The summed E-state index contributed by atoms with van der Waals surface area (Å²) in [7, 11) is 0. The van der Waals surface area contributed by atoms with E-state index in [-0.39, 0.29) is 17.9 Å². The number of aryl methyl sites for hydroxylation is 1. The van der Waals surface area contributed by atoms with E-state index >= 15 is 0 Å². The lowest BCUT2D eigenvalue weighted by atomic mass is 10.0. The molecule has 1 aliphatic heterocycles. The van der Waals surface area contributed by atoms with Gasteiger partial charge < -0.3 is 14.6 Å². The lowest BCUT2D eigenvalue weighted by Gasteiger charge is -2.18. The Morgan fingerprint density at radius 2 is 2.21 bits per heavy atom. The molecule has 124 valence electrons. The molecule has 3 aromatic heterocycles. The second-order valence-corrected chi connectivity index (χ2v) is 7.00. The molecular formula is C17H18N4O2S. The van der Waals surface area contributed by atoms with E-state index in [2.05, 4.69) is 20.2 Å². The van der Waals surface area contributed by atoms with Crippen LogP contribution in [0.15, 0.2) is 34.3 Å². The summed E-state index contributed by atoms with van der Waals surface area (Å²) in [6, 6.07) is 6.01.